The first-order chi connectivity index (χ1) is 7.06. The minimum absolute atomic E-state index is 0.122. The van der Waals surface area contributed by atoms with Crippen LogP contribution in [0.4, 0.5) is 11.4 Å². The maximum absolute atomic E-state index is 10.8. The number of rotatable bonds is 4. The van der Waals surface area contributed by atoms with Gasteiger partial charge in [0.1, 0.15) is 5.69 Å². The molecule has 1 aromatic carbocycles. The largest absolute Gasteiger partial charge is 0.382 e. The fraction of sp³-hybridized carbons (Fsp3) is 0.400. The molecule has 0 unspecified atom stereocenters. The summed E-state index contributed by atoms with van der Waals surface area (Å²) in [7, 11) is 5.55. The van der Waals surface area contributed by atoms with E-state index in [4.69, 9.17) is 0 Å². The van der Waals surface area contributed by atoms with Crippen LogP contribution in [0.5, 0.6) is 0 Å². The second-order valence-electron chi connectivity index (χ2n) is 3.56. The van der Waals surface area contributed by atoms with Crippen LogP contribution < -0.4 is 5.32 Å². The van der Waals surface area contributed by atoms with E-state index in [0.717, 1.165) is 5.56 Å². The smallest absolute Gasteiger partial charge is 0.292 e. The molecule has 0 saturated heterocycles. The van der Waals surface area contributed by atoms with E-state index >= 15 is 0 Å². The fourth-order valence-corrected chi connectivity index (χ4v) is 1.50. The van der Waals surface area contributed by atoms with E-state index < -0.39 is 0 Å². The van der Waals surface area contributed by atoms with Gasteiger partial charge in [-0.1, -0.05) is 12.1 Å². The maximum atomic E-state index is 10.8. The van der Waals surface area contributed by atoms with Gasteiger partial charge in [0.25, 0.3) is 5.69 Å². The van der Waals surface area contributed by atoms with Crippen LogP contribution in [0.1, 0.15) is 5.56 Å². The van der Waals surface area contributed by atoms with E-state index in [-0.39, 0.29) is 10.6 Å². The van der Waals surface area contributed by atoms with E-state index in [1.165, 1.54) is 6.07 Å². The first-order valence-corrected chi connectivity index (χ1v) is 4.65. The summed E-state index contributed by atoms with van der Waals surface area (Å²) >= 11 is 0. The van der Waals surface area contributed by atoms with Crippen LogP contribution in [0.15, 0.2) is 18.2 Å². The Labute approximate surface area is 88.9 Å². The van der Waals surface area contributed by atoms with Gasteiger partial charge in [-0.05, 0) is 19.7 Å². The van der Waals surface area contributed by atoms with Gasteiger partial charge in [0, 0.05) is 19.7 Å². The van der Waals surface area contributed by atoms with Crippen LogP contribution in [0, 0.1) is 10.1 Å². The van der Waals surface area contributed by atoms with Crippen molar-refractivity contribution < 1.29 is 4.92 Å². The predicted molar refractivity (Wildman–Crippen MR) is 60.0 cm³/mol. The molecule has 0 heterocycles. The maximum Gasteiger partial charge on any atom is 0.292 e. The average molecular weight is 209 g/mol. The molecule has 0 spiro atoms. The Kier molecular flexibility index (Phi) is 3.62. The molecular weight excluding hydrogens is 194 g/mol. The molecule has 0 fully saturated rings. The Morgan fingerprint density at radius 1 is 1.47 bits per heavy atom. The van der Waals surface area contributed by atoms with Gasteiger partial charge in [0.2, 0.25) is 0 Å². The lowest BCUT2D eigenvalue weighted by Crippen LogP contribution is -2.12. The minimum atomic E-state index is -0.370. The minimum Gasteiger partial charge on any atom is -0.382 e. The third-order valence-corrected chi connectivity index (χ3v) is 2.06. The molecule has 82 valence electrons. The predicted octanol–water partition coefficient (Wildman–Crippen LogP) is 1.70. The summed E-state index contributed by atoms with van der Waals surface area (Å²) in [4.78, 5) is 12.4. The number of nitrogens with one attached hydrogen (secondary N) is 1. The highest BCUT2D eigenvalue weighted by Gasteiger charge is 2.15. The molecule has 0 amide bonds. The average Bonchev–Trinajstić information content (AvgIpc) is 2.16. The molecule has 5 nitrogen and oxygen atoms in total. The molecule has 0 saturated carbocycles. The lowest BCUT2D eigenvalue weighted by Gasteiger charge is -2.13. The number of benzene rings is 1. The molecule has 1 rings (SSSR count). The molecule has 0 aromatic heterocycles. The van der Waals surface area contributed by atoms with E-state index in [2.05, 4.69) is 5.32 Å². The van der Waals surface area contributed by atoms with Gasteiger partial charge in [-0.15, -0.1) is 0 Å². The highest BCUT2D eigenvalue weighted by molar-refractivity contribution is 5.66. The molecule has 0 aliphatic heterocycles. The Bertz CT molecular complexity index is 364. The van der Waals surface area contributed by atoms with Crippen LogP contribution >= 0.6 is 0 Å². The van der Waals surface area contributed by atoms with Gasteiger partial charge >= 0.3 is 0 Å². The first-order valence-electron chi connectivity index (χ1n) is 4.65. The summed E-state index contributed by atoms with van der Waals surface area (Å²) < 4.78 is 0. The SMILES string of the molecule is CNc1c(CN(C)C)cccc1[N+](=O)[O-]. The van der Waals surface area contributed by atoms with Crippen LogP contribution in [-0.4, -0.2) is 31.0 Å². The lowest BCUT2D eigenvalue weighted by atomic mass is 10.1. The number of nitro groups is 1. The topological polar surface area (TPSA) is 58.4 Å². The first kappa shape index (κ1) is 11.5. The number of nitrogens with zero attached hydrogens (tertiary/aromatic N) is 2. The molecule has 1 aromatic rings. The number of hydrogen-bond acceptors (Lipinski definition) is 4. The molecule has 1 N–H and O–H groups in total. The molecule has 0 aliphatic carbocycles. The van der Waals surface area contributed by atoms with Crippen molar-refractivity contribution in [2.24, 2.45) is 0 Å². The quantitative estimate of drug-likeness (QED) is 0.605. The Morgan fingerprint density at radius 2 is 2.13 bits per heavy atom. The van der Waals surface area contributed by atoms with E-state index in [1.807, 2.05) is 25.1 Å². The second kappa shape index (κ2) is 4.75. The van der Waals surface area contributed by atoms with Gasteiger partial charge in [-0.3, -0.25) is 10.1 Å². The highest BCUT2D eigenvalue weighted by Crippen LogP contribution is 2.28. The van der Waals surface area contributed by atoms with Crippen LogP contribution in [0.25, 0.3) is 0 Å². The number of para-hydroxylation sites is 1. The van der Waals surface area contributed by atoms with E-state index in [0.29, 0.717) is 12.2 Å². The van der Waals surface area contributed by atoms with Crippen LogP contribution in [0.3, 0.4) is 0 Å². The summed E-state index contributed by atoms with van der Waals surface area (Å²) in [5.41, 5.74) is 1.64. The zero-order valence-corrected chi connectivity index (χ0v) is 9.15. The Morgan fingerprint density at radius 3 is 2.60 bits per heavy atom. The van der Waals surface area contributed by atoms with Crippen LogP contribution in [-0.2, 0) is 6.54 Å². The van der Waals surface area contributed by atoms with Gasteiger partial charge in [0.05, 0.1) is 4.92 Å². The van der Waals surface area contributed by atoms with Gasteiger partial charge in [-0.2, -0.15) is 0 Å². The molecule has 0 atom stereocenters. The highest BCUT2D eigenvalue weighted by atomic mass is 16.6. The normalized spacial score (nSPS) is 10.4. The molecule has 0 aliphatic rings. The van der Waals surface area contributed by atoms with Gasteiger partial charge in [-0.25, -0.2) is 0 Å². The molecule has 15 heavy (non-hydrogen) atoms. The van der Waals surface area contributed by atoms with Crippen molar-refractivity contribution in [3.8, 4) is 0 Å². The zero-order valence-electron chi connectivity index (χ0n) is 9.15. The Hall–Kier alpha value is -1.62. The van der Waals surface area contributed by atoms with Crippen LogP contribution in [0.2, 0.25) is 0 Å². The third-order valence-electron chi connectivity index (χ3n) is 2.06. The van der Waals surface area contributed by atoms with Crippen molar-refractivity contribution in [3.05, 3.63) is 33.9 Å². The molecule has 0 radical (unpaired) electrons. The fourth-order valence-electron chi connectivity index (χ4n) is 1.50. The molecule has 0 bridgehead atoms. The van der Waals surface area contributed by atoms with Crippen molar-refractivity contribution in [3.63, 3.8) is 0 Å². The zero-order chi connectivity index (χ0) is 11.4. The van der Waals surface area contributed by atoms with Crippen molar-refractivity contribution in [2.45, 2.75) is 6.54 Å². The van der Waals surface area contributed by atoms with Crippen molar-refractivity contribution >= 4 is 11.4 Å². The summed E-state index contributed by atoms with van der Waals surface area (Å²) in [6, 6.07) is 5.10. The molecule has 5 heteroatoms. The standard InChI is InChI=1S/C10H15N3O2/c1-11-10-8(7-12(2)3)5-4-6-9(10)13(14)15/h4-6,11H,7H2,1-3H3. The third kappa shape index (κ3) is 2.66. The lowest BCUT2D eigenvalue weighted by molar-refractivity contribution is -0.384. The van der Waals surface area contributed by atoms with Crippen molar-refractivity contribution in [1.82, 2.24) is 4.90 Å². The number of hydrogen-bond donors (Lipinski definition) is 1. The Balaban J connectivity index is 3.16. The number of anilines is 1. The molecular formula is C10H15N3O2. The summed E-state index contributed by atoms with van der Waals surface area (Å²) in [6.45, 7) is 0.678. The summed E-state index contributed by atoms with van der Waals surface area (Å²) in [6.07, 6.45) is 0. The summed E-state index contributed by atoms with van der Waals surface area (Å²) in [5.74, 6) is 0. The van der Waals surface area contributed by atoms with Gasteiger partial charge < -0.3 is 10.2 Å². The van der Waals surface area contributed by atoms with Gasteiger partial charge in [0.15, 0.2) is 0 Å². The van der Waals surface area contributed by atoms with E-state index in [1.54, 1.807) is 13.1 Å². The van der Waals surface area contributed by atoms with E-state index in [9.17, 15) is 10.1 Å². The second-order valence-corrected chi connectivity index (χ2v) is 3.56. The monoisotopic (exact) mass is 209 g/mol. The van der Waals surface area contributed by atoms with Crippen molar-refractivity contribution in [1.29, 1.82) is 0 Å². The summed E-state index contributed by atoms with van der Waals surface area (Å²) in [5, 5.41) is 13.7. The number of nitro benzene ring substituents is 1. The van der Waals surface area contributed by atoms with Crippen molar-refractivity contribution in [2.75, 3.05) is 26.5 Å².